The Morgan fingerprint density at radius 2 is 1.57 bits per heavy atom. The number of benzene rings is 1. The maximum absolute atomic E-state index is 12.2. The summed E-state index contributed by atoms with van der Waals surface area (Å²) in [6.07, 6.45) is 3.63. The van der Waals surface area contributed by atoms with Crippen molar-refractivity contribution in [1.82, 2.24) is 9.13 Å². The smallest absolute Gasteiger partial charge is 0.322 e. The molecule has 0 fully saturated rings. The van der Waals surface area contributed by atoms with Gasteiger partial charge in [-0.15, -0.1) is 0 Å². The maximum atomic E-state index is 12.2. The first-order valence-electron chi connectivity index (χ1n) is 7.53. The first-order chi connectivity index (χ1) is 9.90. The average molecular weight is 287 g/mol. The lowest BCUT2D eigenvalue weighted by Gasteiger charge is -2.14. The molecule has 0 aliphatic carbocycles. The van der Waals surface area contributed by atoms with Crippen molar-refractivity contribution >= 4 is 0 Å². The van der Waals surface area contributed by atoms with Crippen LogP contribution in [0.5, 0.6) is 0 Å². The number of nitrogens with zero attached hydrogens (tertiary/aromatic N) is 2. The van der Waals surface area contributed by atoms with Gasteiger partial charge in [0.25, 0.3) is 0 Å². The van der Waals surface area contributed by atoms with Crippen LogP contribution in [0.1, 0.15) is 56.8 Å². The number of nitrogens with two attached hydrogens (primary N) is 1. The predicted octanol–water partition coefficient (Wildman–Crippen LogP) is 3.05. The van der Waals surface area contributed by atoms with Gasteiger partial charge in [0.2, 0.25) is 0 Å². The molecule has 0 aliphatic rings. The fourth-order valence-corrected chi connectivity index (χ4v) is 2.41. The Morgan fingerprint density at radius 3 is 2.05 bits per heavy atom. The van der Waals surface area contributed by atoms with Crippen LogP contribution in [0.4, 0.5) is 0 Å². The van der Waals surface area contributed by atoms with Crippen LogP contribution in [0.25, 0.3) is 0 Å². The predicted molar refractivity (Wildman–Crippen MR) is 86.5 cm³/mol. The zero-order chi connectivity index (χ0) is 15.6. The van der Waals surface area contributed by atoms with Crippen molar-refractivity contribution in [2.75, 3.05) is 0 Å². The number of aromatic nitrogens is 2. The molecule has 0 amide bonds. The van der Waals surface area contributed by atoms with Crippen LogP contribution in [0, 0.1) is 0 Å². The summed E-state index contributed by atoms with van der Waals surface area (Å²) >= 11 is 0. The molecule has 0 saturated carbocycles. The molecule has 4 heteroatoms. The van der Waals surface area contributed by atoms with Crippen molar-refractivity contribution in [3.63, 3.8) is 0 Å². The lowest BCUT2D eigenvalue weighted by Crippen LogP contribution is -2.29. The van der Waals surface area contributed by atoms with Crippen molar-refractivity contribution in [2.45, 2.75) is 52.2 Å². The summed E-state index contributed by atoms with van der Waals surface area (Å²) in [5.74, 6) is 0.512. The molecular formula is C17H25N3O. The fourth-order valence-electron chi connectivity index (χ4n) is 2.41. The molecule has 0 saturated heterocycles. The largest absolute Gasteiger partial charge is 0.328 e. The summed E-state index contributed by atoms with van der Waals surface area (Å²) < 4.78 is 3.40. The fraction of sp³-hybridized carbons (Fsp3) is 0.471. The molecule has 2 N–H and O–H groups in total. The number of hydrogen-bond donors (Lipinski definition) is 1. The van der Waals surface area contributed by atoms with Crippen molar-refractivity contribution in [3.8, 4) is 0 Å². The molecule has 0 bridgehead atoms. The molecule has 1 unspecified atom stereocenters. The minimum Gasteiger partial charge on any atom is -0.322 e. The molecular weight excluding hydrogens is 262 g/mol. The van der Waals surface area contributed by atoms with Gasteiger partial charge in [0.15, 0.2) is 0 Å². The standard InChI is InChI=1S/C17H25N3O/c1-12(2)14-5-7-15(8-6-14)16(18)11-19-9-10-20(13(3)4)17(19)21/h5-10,12-13,16H,11,18H2,1-4H3. The summed E-state index contributed by atoms with van der Waals surface area (Å²) in [6, 6.07) is 8.34. The van der Waals surface area contributed by atoms with Gasteiger partial charge in [0, 0.05) is 31.0 Å². The molecule has 114 valence electrons. The van der Waals surface area contributed by atoms with Crippen LogP contribution >= 0.6 is 0 Å². The summed E-state index contributed by atoms with van der Waals surface area (Å²) in [6.45, 7) is 8.83. The Bertz CT molecular complexity index is 635. The van der Waals surface area contributed by atoms with E-state index < -0.39 is 0 Å². The minimum absolute atomic E-state index is 0.000694. The third-order valence-corrected chi connectivity index (χ3v) is 3.85. The van der Waals surface area contributed by atoms with E-state index in [0.717, 1.165) is 5.56 Å². The molecule has 0 radical (unpaired) electrons. The van der Waals surface area contributed by atoms with Gasteiger partial charge in [-0.1, -0.05) is 38.1 Å². The second-order valence-electron chi connectivity index (χ2n) is 6.16. The van der Waals surface area contributed by atoms with Gasteiger partial charge in [0.1, 0.15) is 0 Å². The molecule has 2 aromatic rings. The summed E-state index contributed by atoms with van der Waals surface area (Å²) in [5, 5.41) is 0. The Morgan fingerprint density at radius 1 is 1.00 bits per heavy atom. The van der Waals surface area contributed by atoms with E-state index in [1.165, 1.54) is 5.56 Å². The highest BCUT2D eigenvalue weighted by Crippen LogP contribution is 2.18. The van der Waals surface area contributed by atoms with Gasteiger partial charge in [-0.05, 0) is 30.9 Å². The summed E-state index contributed by atoms with van der Waals surface area (Å²) in [7, 11) is 0. The Labute approximate surface area is 126 Å². The number of imidazole rings is 1. The molecule has 1 aromatic carbocycles. The van der Waals surface area contributed by atoms with Gasteiger partial charge in [-0.25, -0.2) is 4.79 Å². The zero-order valence-electron chi connectivity index (χ0n) is 13.3. The lowest BCUT2D eigenvalue weighted by atomic mass is 9.99. The molecule has 1 heterocycles. The second-order valence-corrected chi connectivity index (χ2v) is 6.16. The van der Waals surface area contributed by atoms with Crippen molar-refractivity contribution in [2.24, 2.45) is 5.73 Å². The SMILES string of the molecule is CC(C)c1ccc(C(N)Cn2ccn(C(C)C)c2=O)cc1. The molecule has 1 atom stereocenters. The van der Waals surface area contributed by atoms with Crippen LogP contribution in [0.15, 0.2) is 41.5 Å². The van der Waals surface area contributed by atoms with Crippen molar-refractivity contribution < 1.29 is 0 Å². The van der Waals surface area contributed by atoms with E-state index in [9.17, 15) is 4.79 Å². The van der Waals surface area contributed by atoms with E-state index in [0.29, 0.717) is 12.5 Å². The minimum atomic E-state index is -0.174. The first-order valence-corrected chi connectivity index (χ1v) is 7.53. The van der Waals surface area contributed by atoms with Gasteiger partial charge >= 0.3 is 5.69 Å². The van der Waals surface area contributed by atoms with Crippen LogP contribution in [-0.4, -0.2) is 9.13 Å². The molecule has 4 nitrogen and oxygen atoms in total. The monoisotopic (exact) mass is 287 g/mol. The molecule has 0 aliphatic heterocycles. The average Bonchev–Trinajstić information content (AvgIpc) is 2.80. The Hall–Kier alpha value is -1.81. The van der Waals surface area contributed by atoms with E-state index >= 15 is 0 Å². The lowest BCUT2D eigenvalue weighted by molar-refractivity contribution is 0.520. The van der Waals surface area contributed by atoms with E-state index in [2.05, 4.69) is 38.1 Å². The highest BCUT2D eigenvalue weighted by molar-refractivity contribution is 5.26. The van der Waals surface area contributed by atoms with Crippen molar-refractivity contribution in [1.29, 1.82) is 0 Å². The molecule has 21 heavy (non-hydrogen) atoms. The van der Waals surface area contributed by atoms with E-state index in [1.807, 2.05) is 26.2 Å². The van der Waals surface area contributed by atoms with Gasteiger partial charge < -0.3 is 5.73 Å². The third-order valence-electron chi connectivity index (χ3n) is 3.85. The highest BCUT2D eigenvalue weighted by atomic mass is 16.1. The first kappa shape index (κ1) is 15.6. The topological polar surface area (TPSA) is 52.9 Å². The van der Waals surface area contributed by atoms with E-state index in [1.54, 1.807) is 9.13 Å². The zero-order valence-corrected chi connectivity index (χ0v) is 13.3. The quantitative estimate of drug-likeness (QED) is 0.919. The number of rotatable bonds is 5. The third kappa shape index (κ3) is 3.45. The van der Waals surface area contributed by atoms with Crippen LogP contribution in [0.2, 0.25) is 0 Å². The maximum Gasteiger partial charge on any atom is 0.328 e. The second kappa shape index (κ2) is 6.31. The Balaban J connectivity index is 2.14. The van der Waals surface area contributed by atoms with Crippen LogP contribution in [0.3, 0.4) is 0 Å². The summed E-state index contributed by atoms with van der Waals surface area (Å²) in [4.78, 5) is 12.2. The molecule has 2 rings (SSSR count). The van der Waals surface area contributed by atoms with Crippen LogP contribution in [-0.2, 0) is 6.54 Å². The summed E-state index contributed by atoms with van der Waals surface area (Å²) in [5.41, 5.74) is 8.60. The van der Waals surface area contributed by atoms with Gasteiger partial charge in [-0.3, -0.25) is 9.13 Å². The van der Waals surface area contributed by atoms with Crippen LogP contribution < -0.4 is 11.4 Å². The van der Waals surface area contributed by atoms with E-state index in [-0.39, 0.29) is 17.8 Å². The molecule has 1 aromatic heterocycles. The van der Waals surface area contributed by atoms with E-state index in [4.69, 9.17) is 5.73 Å². The number of hydrogen-bond acceptors (Lipinski definition) is 2. The molecule has 0 spiro atoms. The highest BCUT2D eigenvalue weighted by Gasteiger charge is 2.11. The normalized spacial score (nSPS) is 13.1. The van der Waals surface area contributed by atoms with Gasteiger partial charge in [-0.2, -0.15) is 0 Å². The van der Waals surface area contributed by atoms with Crippen molar-refractivity contribution in [3.05, 3.63) is 58.3 Å². The van der Waals surface area contributed by atoms with Gasteiger partial charge in [0.05, 0.1) is 0 Å². The Kier molecular flexibility index (Phi) is 4.68.